The Balaban J connectivity index is 1.88. The zero-order chi connectivity index (χ0) is 24.7. The van der Waals surface area contributed by atoms with Crippen molar-refractivity contribution < 1.29 is 30.6 Å². The number of carbonyl (C=O) groups excluding carboxylic acids is 1. The van der Waals surface area contributed by atoms with E-state index < -0.39 is 32.8 Å². The molecule has 1 aliphatic rings. The molecule has 1 amide bonds. The minimum Gasteiger partial charge on any atom is -0.376 e. The fraction of sp³-hybridized carbons (Fsp3) is 0.143. The number of rotatable bonds is 5. The maximum atomic E-state index is 13.4. The summed E-state index contributed by atoms with van der Waals surface area (Å²) in [5.41, 5.74) is 0.172. The Kier molecular flexibility index (Phi) is 5.52. The largest absolute Gasteiger partial charge is 0.534 e. The lowest BCUT2D eigenvalue weighted by Gasteiger charge is -2.27. The minimum atomic E-state index is -5.92. The quantitative estimate of drug-likeness (QED) is 0.429. The number of aliphatic imine (C=N–C) groups is 1. The maximum absolute atomic E-state index is 13.4. The molecule has 1 atom stereocenters. The minimum absolute atomic E-state index is 0.0566. The second-order valence-electron chi connectivity index (χ2n) is 7.26. The Morgan fingerprint density at radius 1 is 1.00 bits per heavy atom. The summed E-state index contributed by atoms with van der Waals surface area (Å²) in [5.74, 6) is -1.37. The highest BCUT2D eigenvalue weighted by molar-refractivity contribution is 7.88. The number of guanidine groups is 1. The van der Waals surface area contributed by atoms with Gasteiger partial charge in [0.25, 0.3) is 5.91 Å². The van der Waals surface area contributed by atoms with Crippen molar-refractivity contribution in [3.8, 4) is 16.9 Å². The van der Waals surface area contributed by atoms with Crippen LogP contribution in [-0.2, 0) is 20.5 Å². The van der Waals surface area contributed by atoms with E-state index in [0.717, 1.165) is 17.0 Å². The normalized spacial score (nSPS) is 18.6. The van der Waals surface area contributed by atoms with Gasteiger partial charge in [-0.3, -0.25) is 9.69 Å². The molecule has 1 unspecified atom stereocenters. The third kappa shape index (κ3) is 3.83. The third-order valence-electron chi connectivity index (χ3n) is 5.16. The number of hydrogen-bond donors (Lipinski definition) is 1. The summed E-state index contributed by atoms with van der Waals surface area (Å²) in [6, 6.07) is 11.4. The van der Waals surface area contributed by atoms with E-state index in [9.17, 15) is 26.4 Å². The second kappa shape index (κ2) is 8.09. The number of amides is 1. The lowest BCUT2D eigenvalue weighted by molar-refractivity contribution is -0.129. The molecule has 1 aromatic heterocycles. The van der Waals surface area contributed by atoms with Crippen molar-refractivity contribution in [2.24, 2.45) is 10.7 Å². The molecule has 0 saturated heterocycles. The van der Waals surface area contributed by atoms with Gasteiger partial charge in [-0.2, -0.15) is 21.6 Å². The predicted octanol–water partition coefficient (Wildman–Crippen LogP) is 2.40. The Hall–Kier alpha value is -4.00. The van der Waals surface area contributed by atoms with Crippen LogP contribution in [0.15, 0.2) is 72.2 Å². The fourth-order valence-electron chi connectivity index (χ4n) is 3.50. The number of carbonyl (C=O) groups is 1. The van der Waals surface area contributed by atoms with Crippen LogP contribution in [0.25, 0.3) is 11.1 Å². The van der Waals surface area contributed by atoms with Crippen LogP contribution < -0.4 is 9.92 Å². The van der Waals surface area contributed by atoms with Crippen molar-refractivity contribution in [1.29, 1.82) is 0 Å². The molecule has 9 nitrogen and oxygen atoms in total. The van der Waals surface area contributed by atoms with Crippen LogP contribution in [-0.4, -0.2) is 47.7 Å². The van der Waals surface area contributed by atoms with Gasteiger partial charge in [-0.25, -0.2) is 15.0 Å². The van der Waals surface area contributed by atoms with E-state index in [1.165, 1.54) is 25.5 Å². The van der Waals surface area contributed by atoms with Gasteiger partial charge in [0, 0.05) is 25.0 Å². The first-order valence-electron chi connectivity index (χ1n) is 9.56. The molecule has 0 bridgehead atoms. The third-order valence-corrected chi connectivity index (χ3v) is 6.13. The van der Waals surface area contributed by atoms with Crippen molar-refractivity contribution in [2.45, 2.75) is 11.0 Å². The van der Waals surface area contributed by atoms with Crippen molar-refractivity contribution in [2.75, 3.05) is 7.05 Å². The van der Waals surface area contributed by atoms with Crippen LogP contribution >= 0.6 is 0 Å². The lowest BCUT2D eigenvalue weighted by atomic mass is 9.81. The van der Waals surface area contributed by atoms with E-state index in [1.54, 1.807) is 36.7 Å². The summed E-state index contributed by atoms with van der Waals surface area (Å²) in [6.45, 7) is 0. The Bertz CT molecular complexity index is 1400. The fourth-order valence-corrected chi connectivity index (χ4v) is 3.95. The van der Waals surface area contributed by atoms with Gasteiger partial charge in [0.2, 0.25) is 0 Å². The molecule has 2 N–H and O–H groups in total. The summed E-state index contributed by atoms with van der Waals surface area (Å²) < 4.78 is 65.7. The molecule has 0 fully saturated rings. The Labute approximate surface area is 191 Å². The molecule has 13 heteroatoms. The van der Waals surface area contributed by atoms with Crippen molar-refractivity contribution in [3.05, 3.63) is 78.4 Å². The Morgan fingerprint density at radius 2 is 1.62 bits per heavy atom. The summed E-state index contributed by atoms with van der Waals surface area (Å²) in [5, 5.41) is 0. The molecule has 2 heterocycles. The number of likely N-dealkylation sites (N-methyl/N-ethyl adjacent to an activating group) is 1. The zero-order valence-corrected chi connectivity index (χ0v) is 18.2. The summed E-state index contributed by atoms with van der Waals surface area (Å²) in [4.78, 5) is 26.8. The molecule has 0 radical (unpaired) electrons. The summed E-state index contributed by atoms with van der Waals surface area (Å²) >= 11 is 0. The first kappa shape index (κ1) is 23.2. The van der Waals surface area contributed by atoms with Crippen LogP contribution in [0, 0.1) is 0 Å². The van der Waals surface area contributed by atoms with Crippen molar-refractivity contribution in [3.63, 3.8) is 0 Å². The highest BCUT2D eigenvalue weighted by Gasteiger charge is 2.51. The number of benzene rings is 2. The number of hydrogen-bond acceptors (Lipinski definition) is 8. The molecule has 4 rings (SSSR count). The molecular weight excluding hydrogens is 475 g/mol. The topological polar surface area (TPSA) is 128 Å². The van der Waals surface area contributed by atoms with E-state index in [0.29, 0.717) is 16.7 Å². The highest BCUT2D eigenvalue weighted by Crippen LogP contribution is 2.41. The number of alkyl halides is 3. The molecule has 0 saturated carbocycles. The van der Waals surface area contributed by atoms with Gasteiger partial charge in [-0.15, -0.1) is 0 Å². The lowest BCUT2D eigenvalue weighted by Crippen LogP contribution is -2.41. The Morgan fingerprint density at radius 3 is 2.21 bits per heavy atom. The molecule has 3 aromatic rings. The van der Waals surface area contributed by atoms with E-state index in [2.05, 4.69) is 19.1 Å². The average molecular weight is 491 g/mol. The SMILES string of the molecule is CN1C(=O)C(c2cccc(OS(=O)(=O)C(F)(F)F)c2)(c2cccc(-c3cncnc3)c2)N=C1N. The molecule has 1 aliphatic heterocycles. The zero-order valence-electron chi connectivity index (χ0n) is 17.4. The molecule has 176 valence electrons. The van der Waals surface area contributed by atoms with Gasteiger partial charge in [0.15, 0.2) is 11.5 Å². The second-order valence-corrected chi connectivity index (χ2v) is 8.80. The van der Waals surface area contributed by atoms with Gasteiger partial charge in [0.1, 0.15) is 12.1 Å². The van der Waals surface area contributed by atoms with Crippen molar-refractivity contribution >= 4 is 22.0 Å². The number of nitrogens with two attached hydrogens (primary N) is 1. The van der Waals surface area contributed by atoms with Gasteiger partial charge in [-0.1, -0.05) is 30.3 Å². The molecule has 34 heavy (non-hydrogen) atoms. The molecule has 2 aromatic carbocycles. The molecule has 0 spiro atoms. The summed E-state index contributed by atoms with van der Waals surface area (Å²) in [6.07, 6.45) is 4.49. The standard InChI is InChI=1S/C21H16F3N5O4S/c1-29-18(30)20(28-19(29)25,15-5-2-4-13(8-15)14-10-26-12-27-11-14)16-6-3-7-17(9-16)33-34(31,32)21(22,23)24/h2-12H,1H3,(H2,25,28). The maximum Gasteiger partial charge on any atom is 0.534 e. The first-order valence-corrected chi connectivity index (χ1v) is 11.0. The molecule has 0 aliphatic carbocycles. The highest BCUT2D eigenvalue weighted by atomic mass is 32.2. The summed E-state index contributed by atoms with van der Waals surface area (Å²) in [7, 11) is -4.53. The van der Waals surface area contributed by atoms with Gasteiger partial charge in [0.05, 0.1) is 0 Å². The van der Waals surface area contributed by atoms with Crippen LogP contribution in [0.2, 0.25) is 0 Å². The molecular formula is C21H16F3N5O4S. The van der Waals surface area contributed by atoms with E-state index in [1.807, 2.05) is 0 Å². The van der Waals surface area contributed by atoms with Crippen LogP contribution in [0.1, 0.15) is 11.1 Å². The van der Waals surface area contributed by atoms with Crippen molar-refractivity contribution in [1.82, 2.24) is 14.9 Å². The average Bonchev–Trinajstić information content (AvgIpc) is 3.04. The van der Waals surface area contributed by atoms with Gasteiger partial charge in [-0.05, 0) is 34.9 Å². The van der Waals surface area contributed by atoms with Crippen LogP contribution in [0.4, 0.5) is 13.2 Å². The van der Waals surface area contributed by atoms with Gasteiger partial charge < -0.3 is 9.92 Å². The van der Waals surface area contributed by atoms with E-state index >= 15 is 0 Å². The number of aromatic nitrogens is 2. The predicted molar refractivity (Wildman–Crippen MR) is 115 cm³/mol. The first-order chi connectivity index (χ1) is 16.0. The van der Waals surface area contributed by atoms with E-state index in [-0.39, 0.29) is 11.5 Å². The van der Waals surface area contributed by atoms with Gasteiger partial charge >= 0.3 is 15.6 Å². The smallest absolute Gasteiger partial charge is 0.376 e. The number of nitrogens with zero attached hydrogens (tertiary/aromatic N) is 4. The monoisotopic (exact) mass is 491 g/mol. The van der Waals surface area contributed by atoms with Crippen LogP contribution in [0.3, 0.4) is 0 Å². The number of halogens is 3. The van der Waals surface area contributed by atoms with Crippen LogP contribution in [0.5, 0.6) is 5.75 Å². The van der Waals surface area contributed by atoms with E-state index in [4.69, 9.17) is 5.73 Å².